The molecular formula is C18H18F3N3O2. The maximum absolute atomic E-state index is 12.7. The Bertz CT molecular complexity index is 770. The number of aromatic nitrogens is 1. The van der Waals surface area contributed by atoms with Gasteiger partial charge in [0, 0.05) is 25.0 Å². The van der Waals surface area contributed by atoms with E-state index in [1.165, 1.54) is 12.1 Å². The van der Waals surface area contributed by atoms with Gasteiger partial charge in [-0.2, -0.15) is 13.2 Å². The Hall–Kier alpha value is -2.77. The van der Waals surface area contributed by atoms with Crippen LogP contribution in [0.25, 0.3) is 0 Å². The van der Waals surface area contributed by atoms with E-state index in [9.17, 15) is 18.0 Å². The second kappa shape index (κ2) is 7.23. The van der Waals surface area contributed by atoms with Crippen molar-refractivity contribution < 1.29 is 23.1 Å². The summed E-state index contributed by atoms with van der Waals surface area (Å²) in [5.41, 5.74) is 0.485. The van der Waals surface area contributed by atoms with E-state index >= 15 is 0 Å². The fraction of sp³-hybridized carbons (Fsp3) is 0.333. The third-order valence-corrected chi connectivity index (χ3v) is 4.42. The molecule has 1 fully saturated rings. The lowest BCUT2D eigenvalue weighted by atomic mass is 9.97. The lowest BCUT2D eigenvalue weighted by Crippen LogP contribution is -2.37. The van der Waals surface area contributed by atoms with E-state index in [2.05, 4.69) is 10.3 Å². The van der Waals surface area contributed by atoms with E-state index in [4.69, 9.17) is 5.11 Å². The molecule has 1 aliphatic rings. The number of nitrogens with zero attached hydrogens (tertiary/aromatic N) is 2. The van der Waals surface area contributed by atoms with E-state index < -0.39 is 17.7 Å². The highest BCUT2D eigenvalue weighted by Gasteiger charge is 2.30. The first-order valence-electron chi connectivity index (χ1n) is 8.21. The van der Waals surface area contributed by atoms with Crippen LogP contribution in [0, 0.1) is 5.92 Å². The molecule has 5 nitrogen and oxygen atoms in total. The molecule has 3 rings (SSSR count). The summed E-state index contributed by atoms with van der Waals surface area (Å²) < 4.78 is 38.0. The van der Waals surface area contributed by atoms with Crippen LogP contribution in [0.15, 0.2) is 42.6 Å². The number of rotatable bonds is 4. The van der Waals surface area contributed by atoms with E-state index in [0.717, 1.165) is 12.1 Å². The summed E-state index contributed by atoms with van der Waals surface area (Å²) in [6, 6.07) is 8.32. The molecule has 2 heterocycles. The molecule has 1 aliphatic heterocycles. The Morgan fingerprint density at radius 1 is 1.15 bits per heavy atom. The molecule has 26 heavy (non-hydrogen) atoms. The highest BCUT2D eigenvalue weighted by molar-refractivity contribution is 5.73. The number of hydrogen-bond acceptors (Lipinski definition) is 4. The summed E-state index contributed by atoms with van der Waals surface area (Å²) in [4.78, 5) is 17.4. The number of alkyl halides is 3. The summed E-state index contributed by atoms with van der Waals surface area (Å²) in [7, 11) is 0. The number of aliphatic carboxylic acids is 1. The number of anilines is 3. The zero-order valence-electron chi connectivity index (χ0n) is 13.8. The first kappa shape index (κ1) is 18.0. The maximum atomic E-state index is 12.7. The number of pyridine rings is 1. The lowest BCUT2D eigenvalue weighted by Gasteiger charge is -2.32. The van der Waals surface area contributed by atoms with E-state index in [-0.39, 0.29) is 5.92 Å². The van der Waals surface area contributed by atoms with Gasteiger partial charge in [0.15, 0.2) is 5.82 Å². The van der Waals surface area contributed by atoms with Crippen LogP contribution in [0.5, 0.6) is 0 Å². The number of carboxylic acid groups (broad SMARTS) is 1. The largest absolute Gasteiger partial charge is 0.481 e. The molecule has 1 aromatic heterocycles. The summed E-state index contributed by atoms with van der Waals surface area (Å²) in [6.07, 6.45) is -1.67. The topological polar surface area (TPSA) is 65.5 Å². The average molecular weight is 365 g/mol. The quantitative estimate of drug-likeness (QED) is 0.852. The second-order valence-corrected chi connectivity index (χ2v) is 6.17. The Kier molecular flexibility index (Phi) is 5.01. The first-order chi connectivity index (χ1) is 12.3. The van der Waals surface area contributed by atoms with Crippen molar-refractivity contribution >= 4 is 23.2 Å². The molecule has 2 N–H and O–H groups in total. The number of halogens is 3. The number of hydrogen-bond donors (Lipinski definition) is 2. The molecular weight excluding hydrogens is 347 g/mol. The zero-order valence-corrected chi connectivity index (χ0v) is 13.8. The lowest BCUT2D eigenvalue weighted by molar-refractivity contribution is -0.142. The van der Waals surface area contributed by atoms with Gasteiger partial charge in [0.2, 0.25) is 0 Å². The standard InChI is InChI=1S/C18H18F3N3O2/c19-18(20,21)13-3-5-14(6-4-13)23-15-2-1-9-22-16(15)24-10-7-12(8-11-24)17(25)26/h1-6,9,12,23H,7-8,10-11H2,(H,25,26). The van der Waals surface area contributed by atoms with Crippen molar-refractivity contribution in [2.75, 3.05) is 23.3 Å². The highest BCUT2D eigenvalue weighted by atomic mass is 19.4. The molecule has 1 saturated heterocycles. The van der Waals surface area contributed by atoms with E-state index in [0.29, 0.717) is 43.1 Å². The molecule has 0 unspecified atom stereocenters. The maximum Gasteiger partial charge on any atom is 0.416 e. The first-order valence-corrected chi connectivity index (χ1v) is 8.21. The van der Waals surface area contributed by atoms with Gasteiger partial charge in [0.25, 0.3) is 0 Å². The van der Waals surface area contributed by atoms with Gasteiger partial charge in [-0.15, -0.1) is 0 Å². The number of nitrogens with one attached hydrogen (secondary N) is 1. The highest BCUT2D eigenvalue weighted by Crippen LogP contribution is 2.32. The minimum Gasteiger partial charge on any atom is -0.481 e. The van der Waals surface area contributed by atoms with E-state index in [1.807, 2.05) is 4.90 Å². The predicted octanol–water partition coefficient (Wildman–Crippen LogP) is 4.15. The van der Waals surface area contributed by atoms with Crippen LogP contribution < -0.4 is 10.2 Å². The molecule has 0 spiro atoms. The summed E-state index contributed by atoms with van der Waals surface area (Å²) in [6.45, 7) is 1.13. The van der Waals surface area contributed by atoms with Crippen LogP contribution in [-0.4, -0.2) is 29.1 Å². The fourth-order valence-electron chi connectivity index (χ4n) is 2.98. The van der Waals surface area contributed by atoms with Crippen molar-refractivity contribution in [1.29, 1.82) is 0 Å². The van der Waals surface area contributed by atoms with Crippen LogP contribution in [0.1, 0.15) is 18.4 Å². The molecule has 0 radical (unpaired) electrons. The molecule has 2 aromatic rings. The predicted molar refractivity (Wildman–Crippen MR) is 91.5 cm³/mol. The fourth-order valence-corrected chi connectivity index (χ4v) is 2.98. The number of benzene rings is 1. The van der Waals surface area contributed by atoms with Crippen LogP contribution in [-0.2, 0) is 11.0 Å². The number of carboxylic acids is 1. The van der Waals surface area contributed by atoms with Crippen LogP contribution >= 0.6 is 0 Å². The van der Waals surface area contributed by atoms with Crippen molar-refractivity contribution in [3.05, 3.63) is 48.2 Å². The van der Waals surface area contributed by atoms with Gasteiger partial charge in [-0.05, 0) is 49.2 Å². The minimum absolute atomic E-state index is 0.346. The van der Waals surface area contributed by atoms with Crippen LogP contribution in [0.2, 0.25) is 0 Å². The van der Waals surface area contributed by atoms with Gasteiger partial charge >= 0.3 is 12.1 Å². The van der Waals surface area contributed by atoms with Crippen molar-refractivity contribution in [1.82, 2.24) is 4.98 Å². The molecule has 0 atom stereocenters. The van der Waals surface area contributed by atoms with Gasteiger partial charge in [-0.25, -0.2) is 4.98 Å². The van der Waals surface area contributed by atoms with Gasteiger partial charge in [0.05, 0.1) is 17.2 Å². The smallest absolute Gasteiger partial charge is 0.416 e. The number of carbonyl (C=O) groups is 1. The van der Waals surface area contributed by atoms with Crippen molar-refractivity contribution in [3.63, 3.8) is 0 Å². The molecule has 8 heteroatoms. The van der Waals surface area contributed by atoms with Crippen molar-refractivity contribution in [2.45, 2.75) is 19.0 Å². The van der Waals surface area contributed by atoms with Crippen LogP contribution in [0.3, 0.4) is 0 Å². The molecule has 0 amide bonds. The molecule has 1 aromatic carbocycles. The van der Waals surface area contributed by atoms with Gasteiger partial charge in [0.1, 0.15) is 0 Å². The Morgan fingerprint density at radius 3 is 2.38 bits per heavy atom. The summed E-state index contributed by atoms with van der Waals surface area (Å²) in [5.74, 6) is -0.466. The Balaban J connectivity index is 1.75. The third-order valence-electron chi connectivity index (χ3n) is 4.42. The minimum atomic E-state index is -4.37. The molecule has 138 valence electrons. The van der Waals surface area contributed by atoms with E-state index in [1.54, 1.807) is 18.3 Å². The van der Waals surface area contributed by atoms with Gasteiger partial charge < -0.3 is 15.3 Å². The monoisotopic (exact) mass is 365 g/mol. The molecule has 0 bridgehead atoms. The molecule has 0 saturated carbocycles. The van der Waals surface area contributed by atoms with Gasteiger partial charge in [-0.3, -0.25) is 4.79 Å². The second-order valence-electron chi connectivity index (χ2n) is 6.17. The summed E-state index contributed by atoms with van der Waals surface area (Å²) >= 11 is 0. The van der Waals surface area contributed by atoms with Crippen molar-refractivity contribution in [2.24, 2.45) is 5.92 Å². The third kappa shape index (κ3) is 4.07. The van der Waals surface area contributed by atoms with Gasteiger partial charge in [-0.1, -0.05) is 0 Å². The SMILES string of the molecule is O=C(O)C1CCN(c2ncccc2Nc2ccc(C(F)(F)F)cc2)CC1. The van der Waals surface area contributed by atoms with Crippen molar-refractivity contribution in [3.8, 4) is 0 Å². The van der Waals surface area contributed by atoms with Crippen LogP contribution in [0.4, 0.5) is 30.4 Å². The zero-order chi connectivity index (χ0) is 18.7. The molecule has 0 aliphatic carbocycles. The normalized spacial score (nSPS) is 15.7. The average Bonchev–Trinajstić information content (AvgIpc) is 2.62. The number of piperidine rings is 1. The summed E-state index contributed by atoms with van der Waals surface area (Å²) in [5, 5.41) is 12.2. The Labute approximate surface area is 148 Å². The Morgan fingerprint density at radius 2 is 1.81 bits per heavy atom.